The molecule has 0 saturated carbocycles. The molecule has 0 aliphatic heterocycles. The van der Waals surface area contributed by atoms with Crippen LogP contribution in [0.2, 0.25) is 0 Å². The van der Waals surface area contributed by atoms with E-state index in [0.717, 1.165) is 16.3 Å². The number of nitrogens with one attached hydrogen (secondary N) is 1. The summed E-state index contributed by atoms with van der Waals surface area (Å²) in [7, 11) is 0. The van der Waals surface area contributed by atoms with Crippen LogP contribution < -0.4 is 5.32 Å². The molecule has 5 nitrogen and oxygen atoms in total. The van der Waals surface area contributed by atoms with Crippen molar-refractivity contribution in [1.82, 2.24) is 9.88 Å². The van der Waals surface area contributed by atoms with Crippen LogP contribution >= 0.6 is 11.3 Å². The van der Waals surface area contributed by atoms with Crippen molar-refractivity contribution in [1.29, 1.82) is 0 Å². The summed E-state index contributed by atoms with van der Waals surface area (Å²) in [6.07, 6.45) is 1.76. The Labute approximate surface area is 121 Å². The molecule has 1 aromatic carbocycles. The molecule has 0 radical (unpaired) electrons. The molecule has 2 aromatic rings. The van der Waals surface area contributed by atoms with Gasteiger partial charge in [-0.2, -0.15) is 0 Å². The molecule has 2 rings (SSSR count). The average molecular weight is 291 g/mol. The summed E-state index contributed by atoms with van der Waals surface area (Å²) in [5.74, 6) is 0. The van der Waals surface area contributed by atoms with Crippen LogP contribution in [0.25, 0.3) is 10.6 Å². The molecule has 0 bridgehead atoms. The van der Waals surface area contributed by atoms with Crippen molar-refractivity contribution in [2.75, 3.05) is 25.0 Å². The molecular weight excluding hydrogens is 274 g/mol. The van der Waals surface area contributed by atoms with Gasteiger partial charge in [0.1, 0.15) is 5.01 Å². The largest absolute Gasteiger partial charge is 0.395 e. The van der Waals surface area contributed by atoms with Crippen molar-refractivity contribution < 1.29 is 9.90 Å². The summed E-state index contributed by atoms with van der Waals surface area (Å²) in [6, 6.07) is 7.36. The molecule has 2 amide bonds. The predicted molar refractivity (Wildman–Crippen MR) is 80.9 cm³/mol. The topological polar surface area (TPSA) is 65.5 Å². The summed E-state index contributed by atoms with van der Waals surface area (Å²) in [5, 5.41) is 14.6. The van der Waals surface area contributed by atoms with Gasteiger partial charge in [-0.3, -0.25) is 0 Å². The first kappa shape index (κ1) is 14.5. The molecule has 0 spiro atoms. The number of thiazole rings is 1. The third kappa shape index (κ3) is 3.55. The fraction of sp³-hybridized carbons (Fsp3) is 0.286. The van der Waals surface area contributed by atoms with Gasteiger partial charge in [0.05, 0.1) is 6.61 Å². The smallest absolute Gasteiger partial charge is 0.321 e. The highest BCUT2D eigenvalue weighted by molar-refractivity contribution is 7.13. The number of carbonyl (C=O) groups excluding carboxylic acids is 1. The average Bonchev–Trinajstić information content (AvgIpc) is 2.99. The van der Waals surface area contributed by atoms with Crippen molar-refractivity contribution in [2.24, 2.45) is 0 Å². The van der Waals surface area contributed by atoms with Gasteiger partial charge in [-0.25, -0.2) is 9.78 Å². The molecule has 1 heterocycles. The zero-order valence-electron chi connectivity index (χ0n) is 11.2. The maximum atomic E-state index is 12.0. The van der Waals surface area contributed by atoms with Gasteiger partial charge in [0.15, 0.2) is 0 Å². The normalized spacial score (nSPS) is 10.3. The molecule has 20 heavy (non-hydrogen) atoms. The standard InChI is InChI=1S/C14H17N3O2S/c1-2-17(7-8-18)14(19)16-12-5-3-4-11(10-12)13-15-6-9-20-13/h3-6,9-10,18H,2,7-8H2,1H3,(H,16,19). The lowest BCUT2D eigenvalue weighted by atomic mass is 10.2. The number of hydrogen-bond acceptors (Lipinski definition) is 4. The van der Waals surface area contributed by atoms with Crippen LogP contribution in [-0.4, -0.2) is 40.7 Å². The molecule has 0 unspecified atom stereocenters. The number of carbonyl (C=O) groups is 1. The SMILES string of the molecule is CCN(CCO)C(=O)Nc1cccc(-c2nccs2)c1. The monoisotopic (exact) mass is 291 g/mol. The summed E-state index contributed by atoms with van der Waals surface area (Å²) in [6.45, 7) is 2.72. The molecule has 6 heteroatoms. The molecule has 0 saturated heterocycles. The fourth-order valence-electron chi connectivity index (χ4n) is 1.82. The third-order valence-corrected chi connectivity index (χ3v) is 3.65. The molecule has 0 aliphatic carbocycles. The van der Waals surface area contributed by atoms with Gasteiger partial charge in [-0.15, -0.1) is 11.3 Å². The van der Waals surface area contributed by atoms with E-state index in [9.17, 15) is 4.79 Å². The van der Waals surface area contributed by atoms with E-state index >= 15 is 0 Å². The van der Waals surface area contributed by atoms with Crippen LogP contribution in [0.5, 0.6) is 0 Å². The van der Waals surface area contributed by atoms with E-state index in [1.54, 1.807) is 22.4 Å². The second-order valence-electron chi connectivity index (χ2n) is 4.15. The molecule has 1 aromatic heterocycles. The molecule has 0 atom stereocenters. The molecule has 106 valence electrons. The Hall–Kier alpha value is -1.92. The molecular formula is C14H17N3O2S. The molecule has 0 aliphatic rings. The maximum Gasteiger partial charge on any atom is 0.321 e. The number of aromatic nitrogens is 1. The number of aliphatic hydroxyl groups is 1. The predicted octanol–water partition coefficient (Wildman–Crippen LogP) is 2.66. The third-order valence-electron chi connectivity index (χ3n) is 2.83. The number of hydrogen-bond donors (Lipinski definition) is 2. The van der Waals surface area contributed by atoms with E-state index in [4.69, 9.17) is 5.11 Å². The van der Waals surface area contributed by atoms with E-state index < -0.39 is 0 Å². The second-order valence-corrected chi connectivity index (χ2v) is 5.05. The summed E-state index contributed by atoms with van der Waals surface area (Å²) in [5.41, 5.74) is 1.70. The van der Waals surface area contributed by atoms with Gasteiger partial charge in [0.2, 0.25) is 0 Å². The number of aliphatic hydroxyl groups excluding tert-OH is 1. The van der Waals surface area contributed by atoms with Crippen molar-refractivity contribution in [3.05, 3.63) is 35.8 Å². The minimum absolute atomic E-state index is 0.0413. The summed E-state index contributed by atoms with van der Waals surface area (Å²) < 4.78 is 0. The van der Waals surface area contributed by atoms with Gasteiger partial charge in [-0.05, 0) is 19.1 Å². The molecule has 2 N–H and O–H groups in total. The van der Waals surface area contributed by atoms with Crippen LogP contribution in [-0.2, 0) is 0 Å². The van der Waals surface area contributed by atoms with Gasteiger partial charge in [0.25, 0.3) is 0 Å². The maximum absolute atomic E-state index is 12.0. The van der Waals surface area contributed by atoms with E-state index in [1.165, 1.54) is 0 Å². The van der Waals surface area contributed by atoms with Crippen molar-refractivity contribution in [2.45, 2.75) is 6.92 Å². The number of nitrogens with zero attached hydrogens (tertiary/aromatic N) is 2. The second kappa shape index (κ2) is 7.02. The van der Waals surface area contributed by atoms with E-state index in [1.807, 2.05) is 36.6 Å². The lowest BCUT2D eigenvalue weighted by molar-refractivity contribution is 0.192. The number of amides is 2. The van der Waals surface area contributed by atoms with E-state index in [0.29, 0.717) is 13.1 Å². The van der Waals surface area contributed by atoms with Crippen LogP contribution in [0.3, 0.4) is 0 Å². The minimum atomic E-state index is -0.210. The van der Waals surface area contributed by atoms with Crippen molar-refractivity contribution >= 4 is 23.1 Å². The minimum Gasteiger partial charge on any atom is -0.395 e. The lowest BCUT2D eigenvalue weighted by Crippen LogP contribution is -2.36. The Morgan fingerprint density at radius 3 is 3.00 bits per heavy atom. The van der Waals surface area contributed by atoms with Crippen LogP contribution in [0.4, 0.5) is 10.5 Å². The van der Waals surface area contributed by atoms with Gasteiger partial charge < -0.3 is 15.3 Å². The quantitative estimate of drug-likeness (QED) is 0.890. The number of benzene rings is 1. The number of likely N-dealkylation sites (N-methyl/N-ethyl adjacent to an activating group) is 1. The Morgan fingerprint density at radius 1 is 1.50 bits per heavy atom. The van der Waals surface area contributed by atoms with Crippen molar-refractivity contribution in [3.63, 3.8) is 0 Å². The van der Waals surface area contributed by atoms with Crippen LogP contribution in [0.15, 0.2) is 35.8 Å². The Bertz CT molecular complexity index is 557. The highest BCUT2D eigenvalue weighted by Crippen LogP contribution is 2.24. The first-order valence-corrected chi connectivity index (χ1v) is 7.29. The summed E-state index contributed by atoms with van der Waals surface area (Å²) in [4.78, 5) is 17.8. The molecule has 0 fully saturated rings. The van der Waals surface area contributed by atoms with E-state index in [-0.39, 0.29) is 12.6 Å². The van der Waals surface area contributed by atoms with Crippen molar-refractivity contribution in [3.8, 4) is 10.6 Å². The number of urea groups is 1. The number of anilines is 1. The fourth-order valence-corrected chi connectivity index (χ4v) is 2.46. The Kier molecular flexibility index (Phi) is 5.09. The highest BCUT2D eigenvalue weighted by Gasteiger charge is 2.11. The lowest BCUT2D eigenvalue weighted by Gasteiger charge is -2.20. The first-order valence-electron chi connectivity index (χ1n) is 6.41. The zero-order valence-corrected chi connectivity index (χ0v) is 12.1. The van der Waals surface area contributed by atoms with Crippen LogP contribution in [0, 0.1) is 0 Å². The Balaban J connectivity index is 2.10. The van der Waals surface area contributed by atoms with Crippen LogP contribution in [0.1, 0.15) is 6.92 Å². The van der Waals surface area contributed by atoms with Gasteiger partial charge in [0, 0.05) is 35.9 Å². The highest BCUT2D eigenvalue weighted by atomic mass is 32.1. The van der Waals surface area contributed by atoms with Gasteiger partial charge >= 0.3 is 6.03 Å². The Morgan fingerprint density at radius 2 is 2.35 bits per heavy atom. The summed E-state index contributed by atoms with van der Waals surface area (Å²) >= 11 is 1.56. The number of rotatable bonds is 5. The van der Waals surface area contributed by atoms with Gasteiger partial charge in [-0.1, -0.05) is 12.1 Å². The zero-order chi connectivity index (χ0) is 14.4. The van der Waals surface area contributed by atoms with E-state index in [2.05, 4.69) is 10.3 Å². The first-order chi connectivity index (χ1) is 9.74.